The molecule has 0 aromatic heterocycles. The molecule has 1 amide bonds. The van der Waals surface area contributed by atoms with Gasteiger partial charge in [-0.3, -0.25) is 19.3 Å². The SMILES string of the molecule is CCC(=O)c1ccc2c(c1)N(CC(=O)OC(C)CC)C(=O)C(C)O2. The zero-order valence-corrected chi connectivity index (χ0v) is 14.5. The zero-order chi connectivity index (χ0) is 17.9. The molecule has 0 saturated heterocycles. The number of amides is 1. The molecule has 1 aliphatic heterocycles. The van der Waals surface area contributed by atoms with Gasteiger partial charge in [0.2, 0.25) is 0 Å². The van der Waals surface area contributed by atoms with Crippen molar-refractivity contribution in [1.82, 2.24) is 0 Å². The highest BCUT2D eigenvalue weighted by Crippen LogP contribution is 2.35. The third kappa shape index (κ3) is 3.75. The minimum Gasteiger partial charge on any atom is -0.479 e. The van der Waals surface area contributed by atoms with E-state index in [0.29, 0.717) is 29.8 Å². The summed E-state index contributed by atoms with van der Waals surface area (Å²) in [4.78, 5) is 37.8. The molecule has 0 N–H and O–H groups in total. The summed E-state index contributed by atoms with van der Waals surface area (Å²) in [5.74, 6) is -0.369. The molecule has 6 nitrogen and oxygen atoms in total. The van der Waals surface area contributed by atoms with Gasteiger partial charge < -0.3 is 9.47 Å². The molecule has 1 aromatic rings. The van der Waals surface area contributed by atoms with Crippen LogP contribution in [0, 0.1) is 0 Å². The second-order valence-corrected chi connectivity index (χ2v) is 5.85. The van der Waals surface area contributed by atoms with E-state index < -0.39 is 12.1 Å². The first kappa shape index (κ1) is 18.0. The number of carbonyl (C=O) groups is 3. The predicted octanol–water partition coefficient (Wildman–Crippen LogP) is 2.73. The molecule has 0 bridgehead atoms. The van der Waals surface area contributed by atoms with E-state index in [-0.39, 0.29) is 24.3 Å². The normalized spacial score (nSPS) is 17.8. The van der Waals surface area contributed by atoms with Crippen LogP contribution in [0.2, 0.25) is 0 Å². The molecule has 1 aromatic carbocycles. The molecule has 24 heavy (non-hydrogen) atoms. The lowest BCUT2D eigenvalue weighted by Crippen LogP contribution is -2.47. The van der Waals surface area contributed by atoms with E-state index >= 15 is 0 Å². The van der Waals surface area contributed by atoms with E-state index in [1.807, 2.05) is 6.92 Å². The molecule has 130 valence electrons. The van der Waals surface area contributed by atoms with Gasteiger partial charge in [-0.1, -0.05) is 13.8 Å². The number of ketones is 1. The Morgan fingerprint density at radius 3 is 2.67 bits per heavy atom. The van der Waals surface area contributed by atoms with Crippen LogP contribution in [0.15, 0.2) is 18.2 Å². The van der Waals surface area contributed by atoms with Gasteiger partial charge in [0.1, 0.15) is 12.3 Å². The van der Waals surface area contributed by atoms with Crippen LogP contribution in [0.25, 0.3) is 0 Å². The van der Waals surface area contributed by atoms with E-state index in [1.165, 1.54) is 4.90 Å². The molecule has 2 atom stereocenters. The van der Waals surface area contributed by atoms with Gasteiger partial charge >= 0.3 is 5.97 Å². The third-order valence-corrected chi connectivity index (χ3v) is 4.01. The summed E-state index contributed by atoms with van der Waals surface area (Å²) in [7, 11) is 0. The average molecular weight is 333 g/mol. The van der Waals surface area contributed by atoms with Gasteiger partial charge in [-0.25, -0.2) is 0 Å². The summed E-state index contributed by atoms with van der Waals surface area (Å²) >= 11 is 0. The van der Waals surface area contributed by atoms with Crippen molar-refractivity contribution in [3.63, 3.8) is 0 Å². The van der Waals surface area contributed by atoms with Crippen molar-refractivity contribution < 1.29 is 23.9 Å². The molecule has 0 fully saturated rings. The first-order chi connectivity index (χ1) is 11.4. The van der Waals surface area contributed by atoms with Crippen LogP contribution < -0.4 is 9.64 Å². The summed E-state index contributed by atoms with van der Waals surface area (Å²) in [5.41, 5.74) is 0.918. The highest BCUT2D eigenvalue weighted by molar-refractivity contribution is 6.05. The fraction of sp³-hybridized carbons (Fsp3) is 0.500. The number of fused-ring (bicyclic) bond motifs is 1. The molecule has 0 spiro atoms. The number of esters is 1. The zero-order valence-electron chi connectivity index (χ0n) is 14.5. The Balaban J connectivity index is 2.32. The number of ether oxygens (including phenoxy) is 2. The van der Waals surface area contributed by atoms with E-state index in [2.05, 4.69) is 0 Å². The summed E-state index contributed by atoms with van der Waals surface area (Å²) in [5, 5.41) is 0. The van der Waals surface area contributed by atoms with Crippen molar-refractivity contribution in [2.24, 2.45) is 0 Å². The van der Waals surface area contributed by atoms with Gasteiger partial charge in [0, 0.05) is 12.0 Å². The quantitative estimate of drug-likeness (QED) is 0.591. The summed E-state index contributed by atoms with van der Waals surface area (Å²) in [6, 6.07) is 4.93. The maximum absolute atomic E-state index is 12.4. The molecular weight excluding hydrogens is 310 g/mol. The smallest absolute Gasteiger partial charge is 0.326 e. The Kier molecular flexibility index (Phi) is 5.59. The number of benzene rings is 1. The fourth-order valence-corrected chi connectivity index (χ4v) is 2.42. The maximum atomic E-state index is 12.4. The van der Waals surface area contributed by atoms with Crippen molar-refractivity contribution in [2.75, 3.05) is 11.4 Å². The maximum Gasteiger partial charge on any atom is 0.326 e. The second-order valence-electron chi connectivity index (χ2n) is 5.85. The van der Waals surface area contributed by atoms with E-state index in [1.54, 1.807) is 39.0 Å². The number of nitrogens with zero attached hydrogens (tertiary/aromatic N) is 1. The van der Waals surface area contributed by atoms with Crippen LogP contribution in [0.5, 0.6) is 5.75 Å². The Morgan fingerprint density at radius 1 is 1.33 bits per heavy atom. The van der Waals surface area contributed by atoms with Crippen molar-refractivity contribution in [1.29, 1.82) is 0 Å². The summed E-state index contributed by atoms with van der Waals surface area (Å²) < 4.78 is 10.8. The van der Waals surface area contributed by atoms with Crippen LogP contribution in [0.4, 0.5) is 5.69 Å². The molecule has 2 unspecified atom stereocenters. The van der Waals surface area contributed by atoms with Crippen LogP contribution in [0.1, 0.15) is 50.9 Å². The summed E-state index contributed by atoms with van der Waals surface area (Å²) in [6.45, 7) is 6.91. The van der Waals surface area contributed by atoms with Gasteiger partial charge in [0.05, 0.1) is 11.8 Å². The Morgan fingerprint density at radius 2 is 2.04 bits per heavy atom. The van der Waals surface area contributed by atoms with Gasteiger partial charge in [-0.05, 0) is 38.5 Å². The topological polar surface area (TPSA) is 72.9 Å². The van der Waals surface area contributed by atoms with Gasteiger partial charge in [-0.15, -0.1) is 0 Å². The van der Waals surface area contributed by atoms with Crippen LogP contribution >= 0.6 is 0 Å². The third-order valence-electron chi connectivity index (χ3n) is 4.01. The second kappa shape index (κ2) is 7.47. The Hall–Kier alpha value is -2.37. The number of rotatable bonds is 6. The van der Waals surface area contributed by atoms with Crippen LogP contribution in [-0.2, 0) is 14.3 Å². The Bertz CT molecular complexity index is 655. The van der Waals surface area contributed by atoms with E-state index in [4.69, 9.17) is 9.47 Å². The average Bonchev–Trinajstić information content (AvgIpc) is 2.57. The number of carbonyl (C=O) groups excluding carboxylic acids is 3. The van der Waals surface area contributed by atoms with Gasteiger partial charge in [0.15, 0.2) is 11.9 Å². The monoisotopic (exact) mass is 333 g/mol. The Labute approximate surface area is 141 Å². The van der Waals surface area contributed by atoms with E-state index in [9.17, 15) is 14.4 Å². The molecule has 6 heteroatoms. The molecular formula is C18H23NO5. The van der Waals surface area contributed by atoms with Crippen molar-refractivity contribution in [2.45, 2.75) is 52.7 Å². The first-order valence-corrected chi connectivity index (χ1v) is 8.22. The summed E-state index contributed by atoms with van der Waals surface area (Å²) in [6.07, 6.45) is 0.158. The largest absolute Gasteiger partial charge is 0.479 e. The highest BCUT2D eigenvalue weighted by atomic mass is 16.5. The molecule has 2 rings (SSSR count). The minimum absolute atomic E-state index is 0.0361. The van der Waals surface area contributed by atoms with Crippen LogP contribution in [-0.4, -0.2) is 36.4 Å². The molecule has 1 heterocycles. The lowest BCUT2D eigenvalue weighted by Gasteiger charge is -2.32. The van der Waals surface area contributed by atoms with Gasteiger partial charge in [0.25, 0.3) is 5.91 Å². The number of hydrogen-bond acceptors (Lipinski definition) is 5. The van der Waals surface area contributed by atoms with E-state index in [0.717, 1.165) is 0 Å². The molecule has 1 aliphatic rings. The molecule has 0 aliphatic carbocycles. The lowest BCUT2D eigenvalue weighted by molar-refractivity contribution is -0.147. The van der Waals surface area contributed by atoms with Crippen molar-refractivity contribution in [3.8, 4) is 5.75 Å². The lowest BCUT2D eigenvalue weighted by atomic mass is 10.1. The predicted molar refractivity (Wildman–Crippen MR) is 89.4 cm³/mol. The highest BCUT2D eigenvalue weighted by Gasteiger charge is 2.33. The minimum atomic E-state index is -0.693. The standard InChI is InChI=1S/C18H23NO5/c1-5-11(3)23-17(21)10-19-14-9-13(15(20)6-2)7-8-16(14)24-12(4)18(19)22/h7-9,11-12H,5-6,10H2,1-4H3. The number of Topliss-reactive ketones (excluding diaryl/α,β-unsaturated/α-hetero) is 1. The van der Waals surface area contributed by atoms with Gasteiger partial charge in [-0.2, -0.15) is 0 Å². The first-order valence-electron chi connectivity index (χ1n) is 8.22. The molecule has 0 saturated carbocycles. The molecule has 0 radical (unpaired) electrons. The van der Waals surface area contributed by atoms with Crippen molar-refractivity contribution >= 4 is 23.3 Å². The van der Waals surface area contributed by atoms with Crippen LogP contribution in [0.3, 0.4) is 0 Å². The number of anilines is 1. The fourth-order valence-electron chi connectivity index (χ4n) is 2.42. The van der Waals surface area contributed by atoms with Crippen molar-refractivity contribution in [3.05, 3.63) is 23.8 Å². The number of hydrogen-bond donors (Lipinski definition) is 0.